The molecule has 0 saturated carbocycles. The molecule has 1 amide bonds. The number of anilines is 1. The minimum Gasteiger partial charge on any atom is -0.481 e. The third-order valence-corrected chi connectivity index (χ3v) is 4.61. The highest BCUT2D eigenvalue weighted by atomic mass is 16.5. The number of fused-ring (bicyclic) bond motifs is 2. The van der Waals surface area contributed by atoms with Gasteiger partial charge in [0.05, 0.1) is 30.3 Å². The molecule has 4 atom stereocenters. The Morgan fingerprint density at radius 3 is 2.38 bits per heavy atom. The van der Waals surface area contributed by atoms with Crippen molar-refractivity contribution >= 4 is 23.5 Å². The van der Waals surface area contributed by atoms with Crippen LogP contribution in [0, 0.1) is 11.8 Å². The average Bonchev–Trinajstić information content (AvgIpc) is 3.23. The summed E-state index contributed by atoms with van der Waals surface area (Å²) in [6.45, 7) is 2.39. The monoisotopic (exact) mass is 359 g/mol. The molecule has 1 fully saturated rings. The summed E-state index contributed by atoms with van der Waals surface area (Å²) in [5.74, 6) is -3.53. The molecule has 1 saturated heterocycles. The fourth-order valence-electron chi connectivity index (χ4n) is 3.22. The number of rotatable bonds is 7. The molecule has 26 heavy (non-hydrogen) atoms. The van der Waals surface area contributed by atoms with E-state index in [0.717, 1.165) is 12.8 Å². The van der Waals surface area contributed by atoms with Crippen molar-refractivity contribution < 1.29 is 29.0 Å². The largest absolute Gasteiger partial charge is 0.481 e. The number of carbonyl (C=O) groups excluding carboxylic acids is 2. The summed E-state index contributed by atoms with van der Waals surface area (Å²) in [5.41, 5.74) is 0.879. The SMILES string of the molecule is CCCCOC(=O)c1ccc(NC(=O)[C@@H]2[C@@H](C(=O)O)[C@H]3C=C[C@H]2O3)cc1. The van der Waals surface area contributed by atoms with Gasteiger partial charge < -0.3 is 19.9 Å². The van der Waals surface area contributed by atoms with Crippen molar-refractivity contribution in [2.75, 3.05) is 11.9 Å². The number of esters is 1. The molecule has 2 aliphatic rings. The van der Waals surface area contributed by atoms with Gasteiger partial charge in [0.25, 0.3) is 0 Å². The van der Waals surface area contributed by atoms with Gasteiger partial charge in [-0.05, 0) is 30.7 Å². The summed E-state index contributed by atoms with van der Waals surface area (Å²) >= 11 is 0. The zero-order valence-electron chi connectivity index (χ0n) is 14.4. The maximum absolute atomic E-state index is 12.5. The minimum absolute atomic E-state index is 0.377. The molecule has 1 aromatic carbocycles. The molecular formula is C19H21NO6. The summed E-state index contributed by atoms with van der Waals surface area (Å²) < 4.78 is 10.6. The molecular weight excluding hydrogens is 338 g/mol. The molecule has 0 spiro atoms. The number of carbonyl (C=O) groups is 3. The minimum atomic E-state index is -1.05. The topological polar surface area (TPSA) is 102 Å². The van der Waals surface area contributed by atoms with Crippen molar-refractivity contribution in [3.8, 4) is 0 Å². The second-order valence-electron chi connectivity index (χ2n) is 6.40. The number of amides is 1. The number of carboxylic acid groups (broad SMARTS) is 1. The molecule has 2 bridgehead atoms. The summed E-state index contributed by atoms with van der Waals surface area (Å²) in [7, 11) is 0. The van der Waals surface area contributed by atoms with Crippen LogP contribution in [0.15, 0.2) is 36.4 Å². The Kier molecular flexibility index (Phi) is 5.37. The van der Waals surface area contributed by atoms with Gasteiger partial charge in [-0.1, -0.05) is 25.5 Å². The van der Waals surface area contributed by atoms with Crippen LogP contribution in [0.5, 0.6) is 0 Å². The predicted octanol–water partition coefficient (Wildman–Crippen LogP) is 2.24. The second-order valence-corrected chi connectivity index (χ2v) is 6.40. The Morgan fingerprint density at radius 1 is 1.12 bits per heavy atom. The van der Waals surface area contributed by atoms with Crippen LogP contribution in [0.4, 0.5) is 5.69 Å². The first-order valence-electron chi connectivity index (χ1n) is 8.66. The lowest BCUT2D eigenvalue weighted by molar-refractivity contribution is -0.145. The van der Waals surface area contributed by atoms with E-state index in [2.05, 4.69) is 5.32 Å². The number of nitrogens with one attached hydrogen (secondary N) is 1. The fourth-order valence-corrected chi connectivity index (χ4v) is 3.22. The zero-order valence-corrected chi connectivity index (χ0v) is 14.4. The third kappa shape index (κ3) is 3.62. The number of aliphatic carboxylic acids is 1. The van der Waals surface area contributed by atoms with Crippen molar-refractivity contribution in [3.63, 3.8) is 0 Å². The van der Waals surface area contributed by atoms with Gasteiger partial charge in [-0.3, -0.25) is 9.59 Å². The normalized spacial score (nSPS) is 25.9. The van der Waals surface area contributed by atoms with Gasteiger partial charge in [0, 0.05) is 5.69 Å². The van der Waals surface area contributed by atoms with Crippen LogP contribution in [0.25, 0.3) is 0 Å². The fraction of sp³-hybridized carbons (Fsp3) is 0.421. The Morgan fingerprint density at radius 2 is 1.77 bits per heavy atom. The van der Waals surface area contributed by atoms with Crippen LogP contribution >= 0.6 is 0 Å². The molecule has 0 unspecified atom stereocenters. The van der Waals surface area contributed by atoms with Gasteiger partial charge in [0.15, 0.2) is 0 Å². The lowest BCUT2D eigenvalue weighted by Crippen LogP contribution is -2.39. The number of carboxylic acids is 1. The quantitative estimate of drug-likeness (QED) is 0.440. The Labute approximate surface area is 151 Å². The van der Waals surface area contributed by atoms with Crippen LogP contribution in [0.2, 0.25) is 0 Å². The first kappa shape index (κ1) is 18.1. The summed E-state index contributed by atoms with van der Waals surface area (Å²) in [5, 5.41) is 12.1. The van der Waals surface area contributed by atoms with E-state index >= 15 is 0 Å². The molecule has 1 aromatic rings. The number of unbranched alkanes of at least 4 members (excludes halogenated alkanes) is 1. The van der Waals surface area contributed by atoms with E-state index in [4.69, 9.17) is 9.47 Å². The third-order valence-electron chi connectivity index (χ3n) is 4.61. The van der Waals surface area contributed by atoms with Gasteiger partial charge in [-0.25, -0.2) is 4.79 Å². The maximum atomic E-state index is 12.5. The Hall–Kier alpha value is -2.67. The highest BCUT2D eigenvalue weighted by molar-refractivity contribution is 5.97. The number of hydrogen-bond acceptors (Lipinski definition) is 5. The molecule has 2 heterocycles. The molecule has 0 aromatic heterocycles. The molecule has 2 aliphatic heterocycles. The number of hydrogen-bond donors (Lipinski definition) is 2. The molecule has 7 nitrogen and oxygen atoms in total. The van der Waals surface area contributed by atoms with E-state index in [0.29, 0.717) is 17.9 Å². The van der Waals surface area contributed by atoms with E-state index in [1.54, 1.807) is 36.4 Å². The van der Waals surface area contributed by atoms with Crippen molar-refractivity contribution in [1.29, 1.82) is 0 Å². The smallest absolute Gasteiger partial charge is 0.338 e. The number of benzene rings is 1. The Balaban J connectivity index is 1.62. The van der Waals surface area contributed by atoms with Crippen molar-refractivity contribution in [2.45, 2.75) is 32.0 Å². The van der Waals surface area contributed by atoms with Crippen LogP contribution in [0.3, 0.4) is 0 Å². The van der Waals surface area contributed by atoms with E-state index in [1.807, 2.05) is 6.92 Å². The van der Waals surface area contributed by atoms with Crippen molar-refractivity contribution in [1.82, 2.24) is 0 Å². The molecule has 2 N–H and O–H groups in total. The first-order valence-corrected chi connectivity index (χ1v) is 8.66. The van der Waals surface area contributed by atoms with Crippen LogP contribution in [0.1, 0.15) is 30.1 Å². The standard InChI is InChI=1S/C19H21NO6/c1-2-3-10-25-19(24)11-4-6-12(7-5-11)20-17(21)15-13-8-9-14(26-13)16(15)18(22)23/h4-9,13-16H,2-3,10H2,1H3,(H,20,21)(H,22,23)/t13-,14-,15+,16+/m1/s1. The summed E-state index contributed by atoms with van der Waals surface area (Å²) in [6, 6.07) is 6.31. The molecule has 0 aliphatic carbocycles. The Bertz CT molecular complexity index is 726. The lowest BCUT2D eigenvalue weighted by atomic mass is 9.82. The van der Waals surface area contributed by atoms with Gasteiger partial charge in [-0.2, -0.15) is 0 Å². The lowest BCUT2D eigenvalue weighted by Gasteiger charge is -2.21. The van der Waals surface area contributed by atoms with E-state index < -0.39 is 41.9 Å². The highest BCUT2D eigenvalue weighted by Gasteiger charge is 2.53. The summed E-state index contributed by atoms with van der Waals surface area (Å²) in [4.78, 5) is 35.8. The molecule has 3 rings (SSSR count). The molecule has 7 heteroatoms. The maximum Gasteiger partial charge on any atom is 0.338 e. The van der Waals surface area contributed by atoms with Crippen molar-refractivity contribution in [2.24, 2.45) is 11.8 Å². The predicted molar refractivity (Wildman–Crippen MR) is 92.7 cm³/mol. The van der Waals surface area contributed by atoms with Gasteiger partial charge in [0.2, 0.25) is 5.91 Å². The number of ether oxygens (including phenoxy) is 2. The second kappa shape index (κ2) is 7.70. The van der Waals surface area contributed by atoms with Crippen molar-refractivity contribution in [3.05, 3.63) is 42.0 Å². The van der Waals surface area contributed by atoms with Gasteiger partial charge in [0.1, 0.15) is 5.92 Å². The molecule has 138 valence electrons. The van der Waals surface area contributed by atoms with Crippen LogP contribution in [-0.4, -0.2) is 41.8 Å². The first-order chi connectivity index (χ1) is 12.5. The van der Waals surface area contributed by atoms with Crippen LogP contribution in [-0.2, 0) is 19.1 Å². The summed E-state index contributed by atoms with van der Waals surface area (Å²) in [6.07, 6.45) is 4.08. The van der Waals surface area contributed by atoms with E-state index in [-0.39, 0.29) is 0 Å². The van der Waals surface area contributed by atoms with Crippen LogP contribution < -0.4 is 5.32 Å². The van der Waals surface area contributed by atoms with Gasteiger partial charge >= 0.3 is 11.9 Å². The van der Waals surface area contributed by atoms with E-state index in [1.165, 1.54) is 0 Å². The molecule has 0 radical (unpaired) electrons. The average molecular weight is 359 g/mol. The highest BCUT2D eigenvalue weighted by Crippen LogP contribution is 2.39. The zero-order chi connectivity index (χ0) is 18.7. The van der Waals surface area contributed by atoms with E-state index in [9.17, 15) is 19.5 Å². The van der Waals surface area contributed by atoms with Gasteiger partial charge in [-0.15, -0.1) is 0 Å².